The molecule has 0 saturated heterocycles. The minimum atomic E-state index is 0.569. The molecule has 0 saturated carbocycles. The van der Waals surface area contributed by atoms with E-state index in [2.05, 4.69) is 46.8 Å². The highest BCUT2D eigenvalue weighted by atomic mass is 16.5. The molecule has 0 aliphatic carbocycles. The third-order valence-corrected chi connectivity index (χ3v) is 2.64. The molecule has 0 radical (unpaired) electrons. The first-order chi connectivity index (χ1) is 7.15. The molecule has 0 spiro atoms. The second kappa shape index (κ2) is 5.84. The van der Waals surface area contributed by atoms with Crippen LogP contribution >= 0.6 is 0 Å². The van der Waals surface area contributed by atoms with Gasteiger partial charge in [-0.15, -0.1) is 0 Å². The molecule has 0 aliphatic heterocycles. The summed E-state index contributed by atoms with van der Waals surface area (Å²) in [5, 5.41) is 0. The lowest BCUT2D eigenvalue weighted by molar-refractivity contribution is 0.309. The van der Waals surface area contributed by atoms with Crippen LogP contribution in [0.4, 0.5) is 0 Å². The average Bonchev–Trinajstić information content (AvgIpc) is 2.20. The van der Waals surface area contributed by atoms with Gasteiger partial charge in [0.2, 0.25) is 0 Å². The van der Waals surface area contributed by atoms with E-state index in [1.807, 2.05) is 0 Å². The van der Waals surface area contributed by atoms with E-state index in [-0.39, 0.29) is 0 Å². The molecule has 0 aromatic heterocycles. The van der Waals surface area contributed by atoms with Crippen LogP contribution in [0.1, 0.15) is 45.1 Å². The molecular formula is C13H21BO. The van der Waals surface area contributed by atoms with Crippen molar-refractivity contribution in [2.75, 3.05) is 6.61 Å². The van der Waals surface area contributed by atoms with E-state index in [1.54, 1.807) is 0 Å². The molecule has 1 rings (SSSR count). The Morgan fingerprint density at radius 1 is 1.33 bits per heavy atom. The van der Waals surface area contributed by atoms with Crippen LogP contribution < -0.4 is 10.2 Å². The molecule has 0 atom stereocenters. The summed E-state index contributed by atoms with van der Waals surface area (Å²) in [4.78, 5) is 0. The van der Waals surface area contributed by atoms with Crippen molar-refractivity contribution in [1.82, 2.24) is 0 Å². The molecule has 0 aliphatic rings. The molecule has 1 nitrogen and oxygen atoms in total. The predicted octanol–water partition coefficient (Wildman–Crippen LogP) is 2.25. The topological polar surface area (TPSA) is 9.23 Å². The normalized spacial score (nSPS) is 10.7. The van der Waals surface area contributed by atoms with E-state index in [4.69, 9.17) is 4.74 Å². The maximum Gasteiger partial charge on any atom is 0.139 e. The van der Waals surface area contributed by atoms with Crippen molar-refractivity contribution in [2.45, 2.75) is 39.5 Å². The third-order valence-electron chi connectivity index (χ3n) is 2.64. The van der Waals surface area contributed by atoms with Crippen LogP contribution in [0.25, 0.3) is 0 Å². The lowest BCUT2D eigenvalue weighted by Gasteiger charge is -2.12. The van der Waals surface area contributed by atoms with Crippen molar-refractivity contribution in [1.29, 1.82) is 0 Å². The van der Waals surface area contributed by atoms with Gasteiger partial charge in [0.15, 0.2) is 0 Å². The average molecular weight is 204 g/mol. The van der Waals surface area contributed by atoms with Crippen molar-refractivity contribution < 1.29 is 4.74 Å². The van der Waals surface area contributed by atoms with Gasteiger partial charge in [-0.05, 0) is 30.0 Å². The molecule has 0 bridgehead atoms. The van der Waals surface area contributed by atoms with Crippen molar-refractivity contribution in [3.05, 3.63) is 23.8 Å². The van der Waals surface area contributed by atoms with E-state index in [0.29, 0.717) is 5.92 Å². The van der Waals surface area contributed by atoms with Crippen LogP contribution in [-0.4, -0.2) is 14.5 Å². The summed E-state index contributed by atoms with van der Waals surface area (Å²) in [5.41, 5.74) is 2.75. The van der Waals surface area contributed by atoms with Crippen LogP contribution in [0.2, 0.25) is 0 Å². The maximum absolute atomic E-state index is 5.69. The highest BCUT2D eigenvalue weighted by molar-refractivity contribution is 6.33. The minimum Gasteiger partial charge on any atom is -0.494 e. The monoisotopic (exact) mass is 204 g/mol. The standard InChI is InChI=1S/C13H21BO/c1-4-5-8-15-11-6-7-13(14)12(9-11)10(2)3/h6-7,9-10H,4-5,8,14H2,1-3H3. The quantitative estimate of drug-likeness (QED) is 0.528. The molecule has 0 heterocycles. The highest BCUT2D eigenvalue weighted by Crippen LogP contribution is 2.18. The Kier molecular flexibility index (Phi) is 4.74. The van der Waals surface area contributed by atoms with Crippen molar-refractivity contribution in [3.8, 4) is 5.75 Å². The van der Waals surface area contributed by atoms with Crippen LogP contribution in [0.5, 0.6) is 5.75 Å². The summed E-state index contributed by atoms with van der Waals surface area (Å²) in [7, 11) is 2.16. The summed E-state index contributed by atoms with van der Waals surface area (Å²) in [6.45, 7) is 7.45. The van der Waals surface area contributed by atoms with Crippen molar-refractivity contribution in [2.24, 2.45) is 0 Å². The zero-order valence-corrected chi connectivity index (χ0v) is 10.3. The Balaban J connectivity index is 2.70. The summed E-state index contributed by atoms with van der Waals surface area (Å²) >= 11 is 0. The van der Waals surface area contributed by atoms with Gasteiger partial charge in [0.05, 0.1) is 6.61 Å². The fraction of sp³-hybridized carbons (Fsp3) is 0.538. The van der Waals surface area contributed by atoms with Crippen LogP contribution in [0, 0.1) is 0 Å². The smallest absolute Gasteiger partial charge is 0.139 e. The Hall–Kier alpha value is -0.915. The summed E-state index contributed by atoms with van der Waals surface area (Å²) in [5.74, 6) is 1.58. The molecule has 0 amide bonds. The number of hydrogen-bond donors (Lipinski definition) is 0. The van der Waals surface area contributed by atoms with Gasteiger partial charge < -0.3 is 4.74 Å². The zero-order chi connectivity index (χ0) is 11.3. The highest BCUT2D eigenvalue weighted by Gasteiger charge is 2.04. The predicted molar refractivity (Wildman–Crippen MR) is 69.1 cm³/mol. The van der Waals surface area contributed by atoms with Crippen molar-refractivity contribution in [3.63, 3.8) is 0 Å². The lowest BCUT2D eigenvalue weighted by Crippen LogP contribution is -2.11. The number of benzene rings is 1. The fourth-order valence-corrected chi connectivity index (χ4v) is 1.66. The van der Waals surface area contributed by atoms with E-state index >= 15 is 0 Å². The van der Waals surface area contributed by atoms with Crippen LogP contribution in [0.3, 0.4) is 0 Å². The van der Waals surface area contributed by atoms with E-state index in [9.17, 15) is 0 Å². The van der Waals surface area contributed by atoms with E-state index in [1.165, 1.54) is 17.4 Å². The number of rotatable bonds is 5. The molecule has 82 valence electrons. The number of hydrogen-bond acceptors (Lipinski definition) is 1. The van der Waals surface area contributed by atoms with Gasteiger partial charge in [0.25, 0.3) is 0 Å². The Morgan fingerprint density at radius 3 is 2.67 bits per heavy atom. The van der Waals surface area contributed by atoms with Gasteiger partial charge in [-0.1, -0.05) is 38.7 Å². The number of unbranched alkanes of at least 4 members (excludes halogenated alkanes) is 1. The summed E-state index contributed by atoms with van der Waals surface area (Å²) in [6.07, 6.45) is 2.31. The van der Waals surface area contributed by atoms with Gasteiger partial charge in [-0.3, -0.25) is 0 Å². The number of ether oxygens (including phenoxy) is 1. The molecule has 0 fully saturated rings. The fourth-order valence-electron chi connectivity index (χ4n) is 1.66. The minimum absolute atomic E-state index is 0.569. The third kappa shape index (κ3) is 3.62. The zero-order valence-electron chi connectivity index (χ0n) is 10.3. The SMILES string of the molecule is Bc1ccc(OCCCC)cc1C(C)C. The van der Waals surface area contributed by atoms with Gasteiger partial charge in [0, 0.05) is 0 Å². The molecule has 1 aromatic carbocycles. The summed E-state index contributed by atoms with van der Waals surface area (Å²) in [6, 6.07) is 6.39. The molecule has 1 aromatic rings. The Labute approximate surface area is 94.3 Å². The van der Waals surface area contributed by atoms with Gasteiger partial charge in [-0.25, -0.2) is 0 Å². The first-order valence-corrected chi connectivity index (χ1v) is 5.88. The van der Waals surface area contributed by atoms with Crippen LogP contribution in [-0.2, 0) is 0 Å². The Bertz CT molecular complexity index is 307. The van der Waals surface area contributed by atoms with Crippen LogP contribution in [0.15, 0.2) is 18.2 Å². The first kappa shape index (κ1) is 12.2. The van der Waals surface area contributed by atoms with Crippen molar-refractivity contribution >= 4 is 13.3 Å². The van der Waals surface area contributed by atoms with Gasteiger partial charge in [0.1, 0.15) is 13.6 Å². The summed E-state index contributed by atoms with van der Waals surface area (Å²) < 4.78 is 5.69. The molecule has 15 heavy (non-hydrogen) atoms. The molecule has 0 N–H and O–H groups in total. The first-order valence-electron chi connectivity index (χ1n) is 5.88. The second-order valence-electron chi connectivity index (χ2n) is 4.38. The van der Waals surface area contributed by atoms with Gasteiger partial charge >= 0.3 is 0 Å². The largest absolute Gasteiger partial charge is 0.494 e. The molecule has 0 unspecified atom stereocenters. The van der Waals surface area contributed by atoms with E-state index in [0.717, 1.165) is 18.8 Å². The van der Waals surface area contributed by atoms with Gasteiger partial charge in [-0.2, -0.15) is 0 Å². The molecular weight excluding hydrogens is 183 g/mol. The second-order valence-corrected chi connectivity index (χ2v) is 4.38. The van der Waals surface area contributed by atoms with E-state index < -0.39 is 0 Å². The molecule has 2 heteroatoms. The Morgan fingerprint density at radius 2 is 2.07 bits per heavy atom. The maximum atomic E-state index is 5.69. The lowest BCUT2D eigenvalue weighted by atomic mass is 9.85.